The zero-order chi connectivity index (χ0) is 12.6. The number of aryl methyl sites for hydroxylation is 1. The van der Waals surface area contributed by atoms with E-state index in [1.807, 2.05) is 0 Å². The smallest absolute Gasteiger partial charge is 0.243 e. The average molecular weight is 254 g/mol. The molecule has 1 aliphatic heterocycles. The van der Waals surface area contributed by atoms with Crippen molar-refractivity contribution in [2.24, 2.45) is 5.92 Å². The maximum atomic E-state index is 12.4. The molecule has 1 aromatic carbocycles. The van der Waals surface area contributed by atoms with E-state index in [0.717, 1.165) is 12.0 Å². The molecule has 5 heteroatoms. The van der Waals surface area contributed by atoms with Crippen LogP contribution in [0.3, 0.4) is 0 Å². The molecule has 1 saturated heterocycles. The highest BCUT2D eigenvalue weighted by Crippen LogP contribution is 2.27. The van der Waals surface area contributed by atoms with Crippen molar-refractivity contribution in [2.45, 2.75) is 25.2 Å². The van der Waals surface area contributed by atoms with Crippen LogP contribution in [0.1, 0.15) is 18.9 Å². The zero-order valence-corrected chi connectivity index (χ0v) is 11.0. The summed E-state index contributed by atoms with van der Waals surface area (Å²) in [5.74, 6) is 0.436. The van der Waals surface area contributed by atoms with E-state index in [9.17, 15) is 8.42 Å². The summed E-state index contributed by atoms with van der Waals surface area (Å²) in [4.78, 5) is 0.339. The van der Waals surface area contributed by atoms with Crippen LogP contribution >= 0.6 is 0 Å². The molecule has 0 bridgehead atoms. The molecule has 0 aliphatic carbocycles. The van der Waals surface area contributed by atoms with Crippen LogP contribution in [0.4, 0.5) is 5.69 Å². The predicted octanol–water partition coefficient (Wildman–Crippen LogP) is 1.61. The van der Waals surface area contributed by atoms with Gasteiger partial charge in [-0.25, -0.2) is 8.42 Å². The van der Waals surface area contributed by atoms with Crippen LogP contribution in [0.2, 0.25) is 0 Å². The molecule has 1 atom stereocenters. The van der Waals surface area contributed by atoms with Crippen LogP contribution in [-0.2, 0) is 10.0 Å². The molecule has 4 nitrogen and oxygen atoms in total. The molecule has 0 radical (unpaired) electrons. The third-order valence-corrected chi connectivity index (χ3v) is 5.22. The van der Waals surface area contributed by atoms with E-state index >= 15 is 0 Å². The first-order chi connectivity index (χ1) is 7.91. The van der Waals surface area contributed by atoms with Gasteiger partial charge in [0.25, 0.3) is 0 Å². The molecule has 1 aliphatic rings. The predicted molar refractivity (Wildman–Crippen MR) is 68.1 cm³/mol. The SMILES string of the molecule is Cc1ccc(N)cc1S(=O)(=O)N1CCC(C)C1. The Morgan fingerprint density at radius 2 is 2.12 bits per heavy atom. The first-order valence-corrected chi connectivity index (χ1v) is 7.21. The first-order valence-electron chi connectivity index (χ1n) is 5.77. The number of benzene rings is 1. The molecule has 1 unspecified atom stereocenters. The second-order valence-electron chi connectivity index (χ2n) is 4.78. The van der Waals surface area contributed by atoms with Gasteiger partial charge in [0.1, 0.15) is 0 Å². The third-order valence-electron chi connectivity index (χ3n) is 3.22. The Morgan fingerprint density at radius 1 is 1.41 bits per heavy atom. The summed E-state index contributed by atoms with van der Waals surface area (Å²) in [5, 5.41) is 0. The molecule has 1 heterocycles. The Balaban J connectivity index is 2.41. The molecule has 2 N–H and O–H groups in total. The van der Waals surface area contributed by atoms with E-state index in [-0.39, 0.29) is 0 Å². The van der Waals surface area contributed by atoms with Crippen molar-refractivity contribution in [3.8, 4) is 0 Å². The van der Waals surface area contributed by atoms with Crippen LogP contribution < -0.4 is 5.73 Å². The topological polar surface area (TPSA) is 63.4 Å². The van der Waals surface area contributed by atoms with Gasteiger partial charge in [-0.2, -0.15) is 4.31 Å². The Morgan fingerprint density at radius 3 is 2.71 bits per heavy atom. The Kier molecular flexibility index (Phi) is 3.14. The molecule has 1 aromatic rings. The van der Waals surface area contributed by atoms with E-state index in [0.29, 0.717) is 29.6 Å². The van der Waals surface area contributed by atoms with Gasteiger partial charge in [0.05, 0.1) is 4.90 Å². The van der Waals surface area contributed by atoms with E-state index in [1.54, 1.807) is 29.4 Å². The fourth-order valence-corrected chi connectivity index (χ4v) is 3.98. The van der Waals surface area contributed by atoms with Crippen LogP contribution in [-0.4, -0.2) is 25.8 Å². The minimum absolute atomic E-state index is 0.339. The lowest BCUT2D eigenvalue weighted by molar-refractivity contribution is 0.464. The molecular weight excluding hydrogens is 236 g/mol. The minimum atomic E-state index is -3.37. The van der Waals surface area contributed by atoms with Crippen molar-refractivity contribution in [3.05, 3.63) is 23.8 Å². The normalized spacial score (nSPS) is 21.9. The quantitative estimate of drug-likeness (QED) is 0.815. The highest BCUT2D eigenvalue weighted by molar-refractivity contribution is 7.89. The van der Waals surface area contributed by atoms with Gasteiger partial charge in [-0.05, 0) is 37.0 Å². The molecule has 0 amide bonds. The van der Waals surface area contributed by atoms with Gasteiger partial charge in [0, 0.05) is 18.8 Å². The number of hydrogen-bond donors (Lipinski definition) is 1. The fraction of sp³-hybridized carbons (Fsp3) is 0.500. The molecule has 94 valence electrons. The third kappa shape index (κ3) is 2.30. The summed E-state index contributed by atoms with van der Waals surface area (Å²) in [6, 6.07) is 5.02. The zero-order valence-electron chi connectivity index (χ0n) is 10.2. The molecular formula is C12H18N2O2S. The molecule has 0 saturated carbocycles. The number of nitrogen functional groups attached to an aromatic ring is 1. The van der Waals surface area contributed by atoms with Crippen molar-refractivity contribution < 1.29 is 8.42 Å². The summed E-state index contributed by atoms with van der Waals surface area (Å²) in [5.41, 5.74) is 6.90. The van der Waals surface area contributed by atoms with Gasteiger partial charge in [-0.1, -0.05) is 13.0 Å². The lowest BCUT2D eigenvalue weighted by atomic mass is 10.2. The lowest BCUT2D eigenvalue weighted by Crippen LogP contribution is -2.29. The summed E-state index contributed by atoms with van der Waals surface area (Å²) >= 11 is 0. The molecule has 17 heavy (non-hydrogen) atoms. The fourth-order valence-electron chi connectivity index (χ4n) is 2.15. The molecule has 1 fully saturated rings. The van der Waals surface area contributed by atoms with E-state index in [2.05, 4.69) is 6.92 Å². The maximum absolute atomic E-state index is 12.4. The number of nitrogens with zero attached hydrogens (tertiary/aromatic N) is 1. The van der Waals surface area contributed by atoms with Crippen molar-refractivity contribution >= 4 is 15.7 Å². The molecule has 0 aromatic heterocycles. The van der Waals surface area contributed by atoms with E-state index in [1.165, 1.54) is 0 Å². The van der Waals surface area contributed by atoms with Gasteiger partial charge >= 0.3 is 0 Å². The van der Waals surface area contributed by atoms with Crippen LogP contribution in [0.25, 0.3) is 0 Å². The Labute approximate surface area is 102 Å². The van der Waals surface area contributed by atoms with Crippen molar-refractivity contribution in [3.63, 3.8) is 0 Å². The van der Waals surface area contributed by atoms with Crippen molar-refractivity contribution in [1.29, 1.82) is 0 Å². The van der Waals surface area contributed by atoms with Crippen LogP contribution in [0.5, 0.6) is 0 Å². The summed E-state index contributed by atoms with van der Waals surface area (Å²) < 4.78 is 26.4. The van der Waals surface area contributed by atoms with Gasteiger partial charge in [-0.3, -0.25) is 0 Å². The number of anilines is 1. The summed E-state index contributed by atoms with van der Waals surface area (Å²) in [7, 11) is -3.37. The Bertz CT molecular complexity index is 525. The summed E-state index contributed by atoms with van der Waals surface area (Å²) in [6.45, 7) is 5.09. The van der Waals surface area contributed by atoms with E-state index < -0.39 is 10.0 Å². The molecule has 0 spiro atoms. The highest BCUT2D eigenvalue weighted by atomic mass is 32.2. The standard InChI is InChI=1S/C12H18N2O2S/c1-9-5-6-14(8-9)17(15,16)12-7-11(13)4-3-10(12)2/h3-4,7,9H,5-6,8,13H2,1-2H3. The Hall–Kier alpha value is -1.07. The van der Waals surface area contributed by atoms with Crippen molar-refractivity contribution in [1.82, 2.24) is 4.31 Å². The first kappa shape index (κ1) is 12.4. The highest BCUT2D eigenvalue weighted by Gasteiger charge is 2.31. The van der Waals surface area contributed by atoms with E-state index in [4.69, 9.17) is 5.73 Å². The second-order valence-corrected chi connectivity index (χ2v) is 6.69. The van der Waals surface area contributed by atoms with Crippen LogP contribution in [0, 0.1) is 12.8 Å². The van der Waals surface area contributed by atoms with Crippen LogP contribution in [0.15, 0.2) is 23.1 Å². The number of sulfonamides is 1. The summed E-state index contributed by atoms with van der Waals surface area (Å²) in [6.07, 6.45) is 0.931. The monoisotopic (exact) mass is 254 g/mol. The number of rotatable bonds is 2. The molecule has 2 rings (SSSR count). The van der Waals surface area contributed by atoms with Gasteiger partial charge < -0.3 is 5.73 Å². The van der Waals surface area contributed by atoms with Gasteiger partial charge in [-0.15, -0.1) is 0 Å². The second kappa shape index (κ2) is 4.31. The maximum Gasteiger partial charge on any atom is 0.243 e. The number of nitrogens with two attached hydrogens (primary N) is 1. The largest absolute Gasteiger partial charge is 0.399 e. The number of hydrogen-bond acceptors (Lipinski definition) is 3. The average Bonchev–Trinajstić information content (AvgIpc) is 2.69. The van der Waals surface area contributed by atoms with Gasteiger partial charge in [0.2, 0.25) is 10.0 Å². The lowest BCUT2D eigenvalue weighted by Gasteiger charge is -2.17. The van der Waals surface area contributed by atoms with Crippen molar-refractivity contribution in [2.75, 3.05) is 18.8 Å². The minimum Gasteiger partial charge on any atom is -0.399 e. The van der Waals surface area contributed by atoms with Gasteiger partial charge in [0.15, 0.2) is 0 Å².